The molecule has 0 aromatic carbocycles. The molecular formula is C15H23N7O4. The zero-order valence-corrected chi connectivity index (χ0v) is 14.4. The summed E-state index contributed by atoms with van der Waals surface area (Å²) in [5.74, 6) is 0.211. The van der Waals surface area contributed by atoms with Gasteiger partial charge in [0.1, 0.15) is 23.8 Å². The van der Waals surface area contributed by atoms with E-state index in [1.807, 2.05) is 0 Å². The Morgan fingerprint density at radius 1 is 1.27 bits per heavy atom. The molecule has 0 bridgehead atoms. The van der Waals surface area contributed by atoms with Gasteiger partial charge in [0.25, 0.3) is 5.95 Å². The second-order valence-electron chi connectivity index (χ2n) is 6.13. The van der Waals surface area contributed by atoms with Gasteiger partial charge in [-0.25, -0.2) is 4.98 Å². The van der Waals surface area contributed by atoms with E-state index in [4.69, 9.17) is 10.5 Å². The molecule has 11 nitrogen and oxygen atoms in total. The Bertz CT molecular complexity index is 781. The molecule has 0 amide bonds. The van der Waals surface area contributed by atoms with Gasteiger partial charge in [-0.3, -0.25) is 4.57 Å². The number of unbranched alkanes of at least 4 members (excludes halogenated alkanes) is 2. The molecule has 2 aromatic heterocycles. The first-order valence-electron chi connectivity index (χ1n) is 8.56. The molecule has 0 saturated carbocycles. The van der Waals surface area contributed by atoms with Gasteiger partial charge in [-0.15, -0.1) is 5.11 Å². The molecule has 0 radical (unpaired) electrons. The molecule has 26 heavy (non-hydrogen) atoms. The number of aliphatic hydroxyl groups excluding tert-OH is 3. The molecule has 3 heterocycles. The maximum Gasteiger partial charge on any atom is 0.272 e. The van der Waals surface area contributed by atoms with Crippen molar-refractivity contribution in [2.45, 2.75) is 50.7 Å². The summed E-state index contributed by atoms with van der Waals surface area (Å²) in [7, 11) is 0. The highest BCUT2D eigenvalue weighted by Crippen LogP contribution is 2.32. The van der Waals surface area contributed by atoms with Gasteiger partial charge >= 0.3 is 0 Å². The van der Waals surface area contributed by atoms with Crippen molar-refractivity contribution < 1.29 is 20.1 Å². The summed E-state index contributed by atoms with van der Waals surface area (Å²) >= 11 is 0. The van der Waals surface area contributed by atoms with Crippen LogP contribution in [0.1, 0.15) is 32.4 Å². The molecule has 1 saturated heterocycles. The summed E-state index contributed by atoms with van der Waals surface area (Å²) in [6, 6.07) is 0. The Hall–Kier alpha value is -2.21. The molecule has 11 heteroatoms. The Morgan fingerprint density at radius 2 is 2.08 bits per heavy atom. The van der Waals surface area contributed by atoms with Crippen LogP contribution in [0.15, 0.2) is 16.6 Å². The second kappa shape index (κ2) is 7.99. The molecule has 5 N–H and O–H groups in total. The van der Waals surface area contributed by atoms with Crippen LogP contribution in [0, 0.1) is 0 Å². The minimum Gasteiger partial charge on any atom is -0.394 e. The zero-order chi connectivity index (χ0) is 18.7. The topological polar surface area (TPSA) is 164 Å². The third-order valence-corrected chi connectivity index (χ3v) is 4.25. The van der Waals surface area contributed by atoms with Crippen LogP contribution in [0.3, 0.4) is 0 Å². The minimum atomic E-state index is -1.25. The molecule has 1 aliphatic heterocycles. The Morgan fingerprint density at radius 3 is 2.77 bits per heavy atom. The van der Waals surface area contributed by atoms with Crippen LogP contribution in [-0.4, -0.2) is 66.3 Å². The molecule has 1 unspecified atom stereocenters. The van der Waals surface area contributed by atoms with E-state index in [0.717, 1.165) is 19.3 Å². The van der Waals surface area contributed by atoms with Gasteiger partial charge < -0.3 is 25.8 Å². The number of anilines is 1. The summed E-state index contributed by atoms with van der Waals surface area (Å²) in [6.45, 7) is 2.26. The van der Waals surface area contributed by atoms with Crippen LogP contribution in [-0.2, 0) is 4.74 Å². The fourth-order valence-corrected chi connectivity index (χ4v) is 2.81. The highest BCUT2D eigenvalue weighted by atomic mass is 16.6. The van der Waals surface area contributed by atoms with Gasteiger partial charge in [0.05, 0.1) is 19.5 Å². The standard InChI is InChI=1S/C15H23N7O4/c1-2-3-4-5-18-21-15-19-12(16)9-13(20-15)22(7-17-9)14-11(25)10(24)8(6-23)26-14/h7-8,10-11,14,23-25H,2-6H2,1H3,(H2,16,19,20)/t8-,10-,11-,14?/m1/s1. The highest BCUT2D eigenvalue weighted by molar-refractivity contribution is 5.82. The SMILES string of the molecule is CCCCCN=Nc1nc(N)c2ncn(C3O[C@H](CO)[C@@H](O)[C@H]3O)c2n1. The number of fused-ring (bicyclic) bond motifs is 1. The van der Waals surface area contributed by atoms with Crippen molar-refractivity contribution in [3.63, 3.8) is 0 Å². The van der Waals surface area contributed by atoms with E-state index >= 15 is 0 Å². The molecule has 1 fully saturated rings. The molecule has 1 aliphatic rings. The van der Waals surface area contributed by atoms with Gasteiger partial charge in [0.2, 0.25) is 0 Å². The van der Waals surface area contributed by atoms with Gasteiger partial charge in [0.15, 0.2) is 17.7 Å². The third kappa shape index (κ3) is 3.51. The van der Waals surface area contributed by atoms with Crippen molar-refractivity contribution in [3.05, 3.63) is 6.33 Å². The van der Waals surface area contributed by atoms with Gasteiger partial charge in [-0.1, -0.05) is 19.8 Å². The summed E-state index contributed by atoms with van der Waals surface area (Å²) < 4.78 is 6.95. The summed E-state index contributed by atoms with van der Waals surface area (Å²) in [5.41, 5.74) is 6.54. The first kappa shape index (κ1) is 18.6. The van der Waals surface area contributed by atoms with Crippen LogP contribution < -0.4 is 5.73 Å². The average Bonchev–Trinajstić information content (AvgIpc) is 3.17. The Balaban J connectivity index is 1.88. The van der Waals surface area contributed by atoms with E-state index in [9.17, 15) is 15.3 Å². The van der Waals surface area contributed by atoms with Crippen molar-refractivity contribution in [1.29, 1.82) is 0 Å². The number of hydrogen-bond donors (Lipinski definition) is 4. The summed E-state index contributed by atoms with van der Waals surface area (Å²) in [4.78, 5) is 12.5. The Kier molecular flexibility index (Phi) is 5.71. The number of ether oxygens (including phenoxy) is 1. The maximum absolute atomic E-state index is 10.2. The number of azo groups is 1. The lowest BCUT2D eigenvalue weighted by Gasteiger charge is -2.16. The predicted molar refractivity (Wildman–Crippen MR) is 91.7 cm³/mol. The highest BCUT2D eigenvalue weighted by Gasteiger charge is 2.44. The van der Waals surface area contributed by atoms with Crippen LogP contribution in [0.4, 0.5) is 11.8 Å². The van der Waals surface area contributed by atoms with E-state index < -0.39 is 31.1 Å². The van der Waals surface area contributed by atoms with Crippen molar-refractivity contribution in [2.75, 3.05) is 18.9 Å². The van der Waals surface area contributed by atoms with Crippen molar-refractivity contribution >= 4 is 22.9 Å². The van der Waals surface area contributed by atoms with E-state index in [1.54, 1.807) is 0 Å². The first-order valence-corrected chi connectivity index (χ1v) is 8.56. The maximum atomic E-state index is 10.2. The van der Waals surface area contributed by atoms with Crippen LogP contribution in [0.5, 0.6) is 0 Å². The zero-order valence-electron chi connectivity index (χ0n) is 14.4. The van der Waals surface area contributed by atoms with Crippen LogP contribution >= 0.6 is 0 Å². The van der Waals surface area contributed by atoms with E-state index in [2.05, 4.69) is 32.1 Å². The normalized spacial score (nSPS) is 26.3. The molecule has 142 valence electrons. The van der Waals surface area contributed by atoms with Gasteiger partial charge in [-0.2, -0.15) is 15.1 Å². The summed E-state index contributed by atoms with van der Waals surface area (Å²) in [5, 5.41) is 37.4. The van der Waals surface area contributed by atoms with Crippen LogP contribution in [0.2, 0.25) is 0 Å². The predicted octanol–water partition coefficient (Wildman–Crippen LogP) is 0.294. The first-order chi connectivity index (χ1) is 12.6. The molecule has 3 rings (SSSR count). The lowest BCUT2D eigenvalue weighted by Crippen LogP contribution is -2.33. The molecular weight excluding hydrogens is 342 g/mol. The smallest absolute Gasteiger partial charge is 0.272 e. The van der Waals surface area contributed by atoms with Crippen molar-refractivity contribution in [1.82, 2.24) is 19.5 Å². The molecule has 0 spiro atoms. The van der Waals surface area contributed by atoms with E-state index in [0.29, 0.717) is 17.7 Å². The lowest BCUT2D eigenvalue weighted by atomic mass is 10.1. The Labute approximate surface area is 149 Å². The summed E-state index contributed by atoms with van der Waals surface area (Å²) in [6.07, 6.45) is 0.142. The minimum absolute atomic E-state index is 0.0833. The fraction of sp³-hybridized carbons (Fsp3) is 0.667. The van der Waals surface area contributed by atoms with Crippen LogP contribution in [0.25, 0.3) is 11.2 Å². The number of imidazole rings is 1. The average molecular weight is 365 g/mol. The fourth-order valence-electron chi connectivity index (χ4n) is 2.81. The number of rotatable bonds is 7. The van der Waals surface area contributed by atoms with Gasteiger partial charge in [0, 0.05) is 0 Å². The lowest BCUT2D eigenvalue weighted by molar-refractivity contribution is -0.0511. The van der Waals surface area contributed by atoms with Crippen molar-refractivity contribution in [3.8, 4) is 0 Å². The van der Waals surface area contributed by atoms with Crippen molar-refractivity contribution in [2.24, 2.45) is 10.2 Å². The molecule has 2 aromatic rings. The third-order valence-electron chi connectivity index (χ3n) is 4.25. The largest absolute Gasteiger partial charge is 0.394 e. The number of aliphatic hydroxyl groups is 3. The molecule has 0 aliphatic carbocycles. The van der Waals surface area contributed by atoms with E-state index in [1.165, 1.54) is 10.9 Å². The second-order valence-corrected chi connectivity index (χ2v) is 6.13. The van der Waals surface area contributed by atoms with E-state index in [-0.39, 0.29) is 11.8 Å². The molecule has 4 atom stereocenters. The number of nitrogen functional groups attached to an aromatic ring is 1. The number of hydrogen-bond acceptors (Lipinski definition) is 10. The monoisotopic (exact) mass is 365 g/mol. The number of aromatic nitrogens is 4. The number of nitrogens with zero attached hydrogens (tertiary/aromatic N) is 6. The van der Waals surface area contributed by atoms with Gasteiger partial charge in [-0.05, 0) is 6.42 Å². The number of nitrogens with two attached hydrogens (primary N) is 1. The quantitative estimate of drug-likeness (QED) is 0.401.